The first-order valence-corrected chi connectivity index (χ1v) is 10.5. The summed E-state index contributed by atoms with van der Waals surface area (Å²) in [5.41, 5.74) is 3.44. The van der Waals surface area contributed by atoms with Crippen molar-refractivity contribution >= 4 is 23.5 Å². The van der Waals surface area contributed by atoms with Crippen LogP contribution in [-0.2, 0) is 4.79 Å². The summed E-state index contributed by atoms with van der Waals surface area (Å²) in [6.07, 6.45) is 8.35. The minimum Gasteiger partial charge on any atom is -0.355 e. The first kappa shape index (κ1) is 19.8. The fourth-order valence-electron chi connectivity index (χ4n) is 3.62. The topological polar surface area (TPSA) is 58.1 Å². The number of carbonyl (C=O) groups excluding carboxylic acids is 1. The average Bonchev–Trinajstić information content (AvgIpc) is 3.08. The number of amides is 1. The van der Waals surface area contributed by atoms with Crippen LogP contribution in [0.1, 0.15) is 31.2 Å². The summed E-state index contributed by atoms with van der Waals surface area (Å²) in [6, 6.07) is 21.5. The van der Waals surface area contributed by atoms with Crippen molar-refractivity contribution in [2.24, 2.45) is 0 Å². The number of hydrogen-bond donors (Lipinski definition) is 1. The molecule has 0 unspecified atom stereocenters. The average molecular weight is 399 g/mol. The van der Waals surface area contributed by atoms with Crippen molar-refractivity contribution in [1.82, 2.24) is 10.2 Å². The van der Waals surface area contributed by atoms with Crippen LogP contribution in [0.5, 0.6) is 0 Å². The minimum atomic E-state index is -0.168. The number of aromatic nitrogens is 2. The fourth-order valence-corrected chi connectivity index (χ4v) is 3.62. The zero-order chi connectivity index (χ0) is 20.6. The van der Waals surface area contributed by atoms with Gasteiger partial charge in [0.15, 0.2) is 5.82 Å². The Bertz CT molecular complexity index is 991. The van der Waals surface area contributed by atoms with Crippen molar-refractivity contribution in [3.05, 3.63) is 78.4 Å². The number of nitrogens with zero attached hydrogens (tertiary/aromatic N) is 3. The lowest BCUT2D eigenvalue weighted by atomic mass is 10.1. The predicted octanol–water partition coefficient (Wildman–Crippen LogP) is 5.18. The van der Waals surface area contributed by atoms with Gasteiger partial charge in [-0.1, -0.05) is 55.3 Å². The molecule has 2 aromatic carbocycles. The van der Waals surface area contributed by atoms with Crippen LogP contribution in [0.15, 0.2) is 72.8 Å². The summed E-state index contributed by atoms with van der Waals surface area (Å²) < 4.78 is 0. The number of carbonyl (C=O) groups is 1. The van der Waals surface area contributed by atoms with Crippen molar-refractivity contribution < 1.29 is 4.79 Å². The summed E-state index contributed by atoms with van der Waals surface area (Å²) in [5, 5.41) is 11.8. The van der Waals surface area contributed by atoms with Crippen molar-refractivity contribution in [3.63, 3.8) is 0 Å². The second kappa shape index (κ2) is 9.83. The molecule has 2 heterocycles. The van der Waals surface area contributed by atoms with Crippen molar-refractivity contribution in [2.45, 2.75) is 25.7 Å². The highest BCUT2D eigenvalue weighted by Gasteiger charge is 2.12. The van der Waals surface area contributed by atoms with Crippen LogP contribution in [0, 0.1) is 0 Å². The number of hydrogen-bond acceptors (Lipinski definition) is 4. The molecular formula is C25H26N4O. The zero-order valence-electron chi connectivity index (χ0n) is 17.0. The summed E-state index contributed by atoms with van der Waals surface area (Å²) in [6.45, 7) is 2.10. The molecule has 1 aliphatic heterocycles. The Hall–Kier alpha value is -3.47. The number of anilines is 2. The lowest BCUT2D eigenvalue weighted by molar-refractivity contribution is -0.111. The van der Waals surface area contributed by atoms with Crippen LogP contribution in [0.2, 0.25) is 0 Å². The van der Waals surface area contributed by atoms with Crippen LogP contribution in [0.25, 0.3) is 17.3 Å². The van der Waals surface area contributed by atoms with E-state index >= 15 is 0 Å². The van der Waals surface area contributed by atoms with Gasteiger partial charge in [-0.25, -0.2) is 0 Å². The lowest BCUT2D eigenvalue weighted by Crippen LogP contribution is -2.25. The molecule has 4 rings (SSSR count). The summed E-state index contributed by atoms with van der Waals surface area (Å²) in [4.78, 5) is 14.6. The molecular weight excluding hydrogens is 372 g/mol. The molecule has 1 N–H and O–H groups in total. The number of rotatable bonds is 5. The van der Waals surface area contributed by atoms with E-state index in [4.69, 9.17) is 0 Å². The molecule has 3 aromatic rings. The summed E-state index contributed by atoms with van der Waals surface area (Å²) >= 11 is 0. The first-order chi connectivity index (χ1) is 14.8. The molecule has 0 atom stereocenters. The molecule has 152 valence electrons. The Morgan fingerprint density at radius 2 is 1.67 bits per heavy atom. The largest absolute Gasteiger partial charge is 0.355 e. The number of benzene rings is 2. The van der Waals surface area contributed by atoms with Gasteiger partial charge in [0.1, 0.15) is 0 Å². The van der Waals surface area contributed by atoms with E-state index in [9.17, 15) is 4.79 Å². The van der Waals surface area contributed by atoms with E-state index in [0.29, 0.717) is 0 Å². The first-order valence-electron chi connectivity index (χ1n) is 10.5. The molecule has 30 heavy (non-hydrogen) atoms. The van der Waals surface area contributed by atoms with Crippen LogP contribution in [0.4, 0.5) is 11.5 Å². The Morgan fingerprint density at radius 1 is 0.867 bits per heavy atom. The standard InChI is InChI=1S/C25H26N4O/c30-25(16-13-20-9-4-3-5-10-20)26-22-12-8-11-21(19-22)23-14-15-24(28-27-23)29-17-6-1-2-7-18-29/h3-5,8-16,19H,1-2,6-7,17-18H2,(H,26,30)/b16-13+. The Morgan fingerprint density at radius 3 is 2.40 bits per heavy atom. The third-order valence-electron chi connectivity index (χ3n) is 5.23. The molecule has 0 bridgehead atoms. The summed E-state index contributed by atoms with van der Waals surface area (Å²) in [7, 11) is 0. The van der Waals surface area contributed by atoms with Crippen molar-refractivity contribution in [2.75, 3.05) is 23.3 Å². The molecule has 5 nitrogen and oxygen atoms in total. The Labute approximate surface area is 177 Å². The maximum Gasteiger partial charge on any atom is 0.248 e. The fraction of sp³-hybridized carbons (Fsp3) is 0.240. The van der Waals surface area contributed by atoms with E-state index < -0.39 is 0 Å². The minimum absolute atomic E-state index is 0.168. The third kappa shape index (κ3) is 5.32. The normalized spacial score (nSPS) is 14.5. The zero-order valence-corrected chi connectivity index (χ0v) is 17.0. The van der Waals surface area contributed by atoms with Gasteiger partial charge in [-0.3, -0.25) is 4.79 Å². The van der Waals surface area contributed by atoms with E-state index in [0.717, 1.165) is 41.4 Å². The van der Waals surface area contributed by atoms with Gasteiger partial charge in [0.25, 0.3) is 0 Å². The van der Waals surface area contributed by atoms with Crippen LogP contribution in [-0.4, -0.2) is 29.2 Å². The second-order valence-electron chi connectivity index (χ2n) is 7.49. The molecule has 1 aliphatic rings. The van der Waals surface area contributed by atoms with Gasteiger partial charge in [0.2, 0.25) is 5.91 Å². The molecule has 0 aliphatic carbocycles. The van der Waals surface area contributed by atoms with E-state index in [1.807, 2.05) is 66.7 Å². The highest BCUT2D eigenvalue weighted by atomic mass is 16.1. The van der Waals surface area contributed by atoms with Gasteiger partial charge in [-0.05, 0) is 48.7 Å². The molecule has 0 spiro atoms. The van der Waals surface area contributed by atoms with Crippen molar-refractivity contribution in [1.29, 1.82) is 0 Å². The highest BCUT2D eigenvalue weighted by Crippen LogP contribution is 2.23. The van der Waals surface area contributed by atoms with Gasteiger partial charge in [0, 0.05) is 30.4 Å². The molecule has 0 saturated carbocycles. The maximum absolute atomic E-state index is 12.2. The van der Waals surface area contributed by atoms with Gasteiger partial charge < -0.3 is 10.2 Å². The van der Waals surface area contributed by atoms with Crippen molar-refractivity contribution in [3.8, 4) is 11.3 Å². The third-order valence-corrected chi connectivity index (χ3v) is 5.23. The Kier molecular flexibility index (Phi) is 6.50. The molecule has 5 heteroatoms. The van der Waals surface area contributed by atoms with E-state index in [-0.39, 0.29) is 5.91 Å². The quantitative estimate of drug-likeness (QED) is 0.602. The predicted molar refractivity (Wildman–Crippen MR) is 122 cm³/mol. The molecule has 1 saturated heterocycles. The molecule has 1 aromatic heterocycles. The van der Waals surface area contributed by atoms with Gasteiger partial charge in [-0.15, -0.1) is 10.2 Å². The lowest BCUT2D eigenvalue weighted by Gasteiger charge is -2.20. The maximum atomic E-state index is 12.2. The van der Waals surface area contributed by atoms with Crippen LogP contribution in [0.3, 0.4) is 0 Å². The van der Waals surface area contributed by atoms with Gasteiger partial charge in [0.05, 0.1) is 5.69 Å². The monoisotopic (exact) mass is 398 g/mol. The van der Waals surface area contributed by atoms with E-state index in [1.165, 1.54) is 31.8 Å². The van der Waals surface area contributed by atoms with Gasteiger partial charge in [-0.2, -0.15) is 0 Å². The van der Waals surface area contributed by atoms with E-state index in [2.05, 4.69) is 20.4 Å². The van der Waals surface area contributed by atoms with Crippen LogP contribution < -0.4 is 10.2 Å². The highest BCUT2D eigenvalue weighted by molar-refractivity contribution is 6.02. The van der Waals surface area contributed by atoms with Crippen LogP contribution >= 0.6 is 0 Å². The number of nitrogens with one attached hydrogen (secondary N) is 1. The van der Waals surface area contributed by atoms with Gasteiger partial charge >= 0.3 is 0 Å². The molecule has 1 fully saturated rings. The van der Waals surface area contributed by atoms with E-state index in [1.54, 1.807) is 6.08 Å². The smallest absolute Gasteiger partial charge is 0.248 e. The summed E-state index contributed by atoms with van der Waals surface area (Å²) in [5.74, 6) is 0.773. The molecule has 1 amide bonds. The SMILES string of the molecule is O=C(/C=C/c1ccccc1)Nc1cccc(-c2ccc(N3CCCCCC3)nn2)c1. The molecule has 0 radical (unpaired) electrons. The Balaban J connectivity index is 1.42. The second-order valence-corrected chi connectivity index (χ2v) is 7.49.